The van der Waals surface area contributed by atoms with Crippen LogP contribution in [-0.4, -0.2) is 13.7 Å². The summed E-state index contributed by atoms with van der Waals surface area (Å²) in [5.41, 5.74) is 5.04. The van der Waals surface area contributed by atoms with Crippen molar-refractivity contribution in [3.05, 3.63) is 58.7 Å². The van der Waals surface area contributed by atoms with Crippen molar-refractivity contribution in [3.63, 3.8) is 0 Å². The molecule has 0 amide bonds. The number of hydrogen-bond donors (Lipinski definition) is 0. The summed E-state index contributed by atoms with van der Waals surface area (Å²) in [5.74, 6) is 1.95. The first kappa shape index (κ1) is 20.4. The molecule has 0 saturated heterocycles. The molecule has 0 saturated carbocycles. The third kappa shape index (κ3) is 4.81. The van der Waals surface area contributed by atoms with E-state index >= 15 is 0 Å². The van der Waals surface area contributed by atoms with Gasteiger partial charge < -0.3 is 9.47 Å². The number of aryl methyl sites for hydroxylation is 2. The molecule has 0 N–H and O–H groups in total. The fourth-order valence-corrected chi connectivity index (χ4v) is 3.13. The Hall–Kier alpha value is -1.96. The maximum absolute atomic E-state index is 6.19. The molecule has 2 aromatic rings. The lowest BCUT2D eigenvalue weighted by atomic mass is 9.81. The second kappa shape index (κ2) is 7.73. The largest absolute Gasteiger partial charge is 0.496 e. The number of methoxy groups -OCH3 is 1. The molecule has 2 nitrogen and oxygen atoms in total. The van der Waals surface area contributed by atoms with Gasteiger partial charge in [-0.15, -0.1) is 0 Å². The van der Waals surface area contributed by atoms with Crippen LogP contribution in [-0.2, 0) is 10.8 Å². The summed E-state index contributed by atoms with van der Waals surface area (Å²) in [7, 11) is 1.74. The van der Waals surface area contributed by atoms with Gasteiger partial charge in [-0.3, -0.25) is 0 Å². The van der Waals surface area contributed by atoms with Crippen molar-refractivity contribution in [1.82, 2.24) is 0 Å². The maximum atomic E-state index is 6.19. The van der Waals surface area contributed by atoms with Gasteiger partial charge in [0.1, 0.15) is 11.5 Å². The first-order valence-corrected chi connectivity index (χ1v) is 9.43. The molecular formula is C24H34O2. The van der Waals surface area contributed by atoms with Crippen LogP contribution in [0.1, 0.15) is 63.3 Å². The highest BCUT2D eigenvalue weighted by atomic mass is 16.5. The average Bonchev–Trinajstić information content (AvgIpc) is 2.55. The number of ether oxygens (including phenoxy) is 2. The van der Waals surface area contributed by atoms with Crippen molar-refractivity contribution in [3.8, 4) is 11.5 Å². The molecule has 0 aromatic heterocycles. The van der Waals surface area contributed by atoms with E-state index in [9.17, 15) is 0 Å². The van der Waals surface area contributed by atoms with Crippen LogP contribution in [0.2, 0.25) is 0 Å². The van der Waals surface area contributed by atoms with E-state index in [4.69, 9.17) is 9.47 Å². The molecule has 0 fully saturated rings. The van der Waals surface area contributed by atoms with Gasteiger partial charge in [-0.1, -0.05) is 58.9 Å². The number of hydrogen-bond acceptors (Lipinski definition) is 2. The minimum atomic E-state index is -0.0193. The Labute approximate surface area is 159 Å². The zero-order valence-corrected chi connectivity index (χ0v) is 17.7. The van der Waals surface area contributed by atoms with Crippen molar-refractivity contribution in [2.24, 2.45) is 0 Å². The Bertz CT molecular complexity index is 751. The third-order valence-corrected chi connectivity index (χ3v) is 5.12. The molecule has 0 spiro atoms. The molecule has 2 rings (SSSR count). The predicted octanol–water partition coefficient (Wildman–Crippen LogP) is 6.36. The van der Waals surface area contributed by atoms with Gasteiger partial charge in [-0.05, 0) is 65.5 Å². The van der Waals surface area contributed by atoms with Gasteiger partial charge in [-0.2, -0.15) is 0 Å². The highest BCUT2D eigenvalue weighted by Gasteiger charge is 2.25. The number of rotatable bonds is 6. The van der Waals surface area contributed by atoms with Gasteiger partial charge >= 0.3 is 0 Å². The molecule has 2 aromatic carbocycles. The van der Waals surface area contributed by atoms with Crippen LogP contribution in [0.3, 0.4) is 0 Å². The zero-order chi connectivity index (χ0) is 19.5. The maximum Gasteiger partial charge on any atom is 0.122 e. The second-order valence-electron chi connectivity index (χ2n) is 8.92. The van der Waals surface area contributed by atoms with Crippen LogP contribution in [0.4, 0.5) is 0 Å². The van der Waals surface area contributed by atoms with Crippen LogP contribution >= 0.6 is 0 Å². The second-order valence-corrected chi connectivity index (χ2v) is 8.92. The lowest BCUT2D eigenvalue weighted by Crippen LogP contribution is -2.22. The smallest absolute Gasteiger partial charge is 0.122 e. The van der Waals surface area contributed by atoms with E-state index in [1.165, 1.54) is 22.3 Å². The summed E-state index contributed by atoms with van der Waals surface area (Å²) < 4.78 is 11.8. The van der Waals surface area contributed by atoms with E-state index in [1.54, 1.807) is 7.11 Å². The minimum absolute atomic E-state index is 0.0193. The van der Waals surface area contributed by atoms with Crippen LogP contribution in [0.15, 0.2) is 36.4 Å². The Kier molecular flexibility index (Phi) is 6.05. The lowest BCUT2D eigenvalue weighted by molar-refractivity contribution is 0.267. The Morgan fingerprint density at radius 2 is 1.54 bits per heavy atom. The van der Waals surface area contributed by atoms with Gasteiger partial charge in [-0.25, -0.2) is 0 Å². The standard InChI is InChI=1S/C24H34O2/c1-17-9-12-20(22(15-17)25-8)24(6,7)13-14-26-21-16-19(23(3,4)5)11-10-18(21)2/h9-12,15-16H,13-14H2,1-8H3. The van der Waals surface area contributed by atoms with Gasteiger partial charge in [0.25, 0.3) is 0 Å². The minimum Gasteiger partial charge on any atom is -0.496 e. The quantitative estimate of drug-likeness (QED) is 0.601. The summed E-state index contributed by atoms with van der Waals surface area (Å²) in [6.07, 6.45) is 0.922. The summed E-state index contributed by atoms with van der Waals surface area (Å²) in [5, 5.41) is 0. The van der Waals surface area contributed by atoms with E-state index in [-0.39, 0.29) is 10.8 Å². The van der Waals surface area contributed by atoms with E-state index < -0.39 is 0 Å². The van der Waals surface area contributed by atoms with Crippen molar-refractivity contribution >= 4 is 0 Å². The van der Waals surface area contributed by atoms with E-state index in [2.05, 4.69) is 84.9 Å². The van der Waals surface area contributed by atoms with Gasteiger partial charge in [0, 0.05) is 0 Å². The normalized spacial score (nSPS) is 12.2. The summed E-state index contributed by atoms with van der Waals surface area (Å²) in [4.78, 5) is 0. The lowest BCUT2D eigenvalue weighted by Gasteiger charge is -2.28. The topological polar surface area (TPSA) is 18.5 Å². The van der Waals surface area contributed by atoms with Gasteiger partial charge in [0.2, 0.25) is 0 Å². The third-order valence-electron chi connectivity index (χ3n) is 5.12. The molecule has 0 aliphatic carbocycles. The summed E-state index contributed by atoms with van der Waals surface area (Å²) in [6, 6.07) is 13.0. The molecule has 142 valence electrons. The van der Waals surface area contributed by atoms with E-state index in [0.717, 1.165) is 17.9 Å². The van der Waals surface area contributed by atoms with Crippen LogP contribution in [0.25, 0.3) is 0 Å². The molecule has 0 aliphatic heterocycles. The highest BCUT2D eigenvalue weighted by Crippen LogP contribution is 2.35. The zero-order valence-electron chi connectivity index (χ0n) is 17.7. The van der Waals surface area contributed by atoms with Gasteiger partial charge in [0.15, 0.2) is 0 Å². The molecule has 0 radical (unpaired) electrons. The molecule has 0 bridgehead atoms. The molecule has 0 unspecified atom stereocenters. The fourth-order valence-electron chi connectivity index (χ4n) is 3.13. The monoisotopic (exact) mass is 354 g/mol. The Morgan fingerprint density at radius 1 is 0.846 bits per heavy atom. The van der Waals surface area contributed by atoms with Crippen molar-refractivity contribution in [2.75, 3.05) is 13.7 Å². The van der Waals surface area contributed by atoms with E-state index in [1.807, 2.05) is 0 Å². The Morgan fingerprint density at radius 3 is 2.15 bits per heavy atom. The van der Waals surface area contributed by atoms with Crippen LogP contribution in [0.5, 0.6) is 11.5 Å². The van der Waals surface area contributed by atoms with Gasteiger partial charge in [0.05, 0.1) is 13.7 Å². The summed E-state index contributed by atoms with van der Waals surface area (Å²) in [6.45, 7) is 16.1. The first-order chi connectivity index (χ1) is 12.0. The molecule has 0 heterocycles. The SMILES string of the molecule is COc1cc(C)ccc1C(C)(C)CCOc1cc(C(C)(C)C)ccc1C. The first-order valence-electron chi connectivity index (χ1n) is 9.43. The fraction of sp³-hybridized carbons (Fsp3) is 0.500. The van der Waals surface area contributed by atoms with Crippen LogP contribution in [0, 0.1) is 13.8 Å². The average molecular weight is 355 g/mol. The van der Waals surface area contributed by atoms with Crippen molar-refractivity contribution in [1.29, 1.82) is 0 Å². The Balaban J connectivity index is 2.12. The summed E-state index contributed by atoms with van der Waals surface area (Å²) >= 11 is 0. The molecular weight excluding hydrogens is 320 g/mol. The molecule has 26 heavy (non-hydrogen) atoms. The molecule has 0 atom stereocenters. The van der Waals surface area contributed by atoms with Crippen molar-refractivity contribution < 1.29 is 9.47 Å². The molecule has 2 heteroatoms. The molecule has 0 aliphatic rings. The highest BCUT2D eigenvalue weighted by molar-refractivity contribution is 5.42. The van der Waals surface area contributed by atoms with E-state index in [0.29, 0.717) is 6.61 Å². The number of benzene rings is 2. The van der Waals surface area contributed by atoms with Crippen LogP contribution < -0.4 is 9.47 Å². The predicted molar refractivity (Wildman–Crippen MR) is 111 cm³/mol. The van der Waals surface area contributed by atoms with Crippen molar-refractivity contribution in [2.45, 2.75) is 65.7 Å².